The Bertz CT molecular complexity index is 2020. The maximum absolute atomic E-state index is 2.43. The molecule has 0 amide bonds. The molecule has 0 fully saturated rings. The van der Waals surface area contributed by atoms with E-state index in [9.17, 15) is 0 Å². The van der Waals surface area contributed by atoms with Crippen molar-refractivity contribution in [3.05, 3.63) is 156 Å². The second-order valence-electron chi connectivity index (χ2n) is 11.2. The lowest BCUT2D eigenvalue weighted by Crippen LogP contribution is -2.09. The van der Waals surface area contributed by atoms with Crippen LogP contribution in [0.4, 0.5) is 32.8 Å². The Morgan fingerprint density at radius 3 is 1.20 bits per heavy atom. The third kappa shape index (κ3) is 5.00. The molecule has 2 nitrogen and oxygen atoms in total. The van der Waals surface area contributed by atoms with Crippen LogP contribution >= 0.6 is 22.7 Å². The van der Waals surface area contributed by atoms with Gasteiger partial charge in [0, 0.05) is 32.5 Å². The van der Waals surface area contributed by atoms with Gasteiger partial charge in [-0.2, -0.15) is 0 Å². The number of hydrogen-bond donors (Lipinski definition) is 0. The first kappa shape index (κ1) is 28.1. The summed E-state index contributed by atoms with van der Waals surface area (Å²) in [5, 5.41) is 5.02. The normalized spacial score (nSPS) is 11.2. The predicted octanol–water partition coefficient (Wildman–Crippen LogP) is 12.8. The molecule has 7 rings (SSSR count). The second kappa shape index (κ2) is 11.8. The summed E-state index contributed by atoms with van der Waals surface area (Å²) >= 11 is 3.80. The molecule has 0 saturated heterocycles. The van der Waals surface area contributed by atoms with Crippen LogP contribution in [0.3, 0.4) is 0 Å². The van der Waals surface area contributed by atoms with Gasteiger partial charge in [0.25, 0.3) is 0 Å². The van der Waals surface area contributed by atoms with Crippen LogP contribution in [0.1, 0.15) is 22.3 Å². The Labute approximate surface area is 268 Å². The number of anilines is 6. The fourth-order valence-corrected chi connectivity index (χ4v) is 8.79. The summed E-state index contributed by atoms with van der Waals surface area (Å²) in [5.74, 6) is 0. The average molecular weight is 607 g/mol. The van der Waals surface area contributed by atoms with E-state index in [1.165, 1.54) is 69.8 Å². The monoisotopic (exact) mass is 606 g/mol. The Balaban J connectivity index is 1.38. The van der Waals surface area contributed by atoms with Crippen LogP contribution in [-0.4, -0.2) is 0 Å². The van der Waals surface area contributed by atoms with Gasteiger partial charge in [-0.05, 0) is 109 Å². The van der Waals surface area contributed by atoms with Gasteiger partial charge in [-0.25, -0.2) is 0 Å². The van der Waals surface area contributed by atoms with Crippen molar-refractivity contribution in [3.63, 3.8) is 0 Å². The maximum atomic E-state index is 2.43. The van der Waals surface area contributed by atoms with E-state index in [4.69, 9.17) is 0 Å². The van der Waals surface area contributed by atoms with Crippen LogP contribution in [0, 0.1) is 27.7 Å². The van der Waals surface area contributed by atoms with E-state index in [0.29, 0.717) is 0 Å². The second-order valence-corrected chi connectivity index (χ2v) is 13.2. The SMILES string of the molecule is Cc1c(-c2sc(N(c3ccccc3)c3ccc4ccccc4c3)c(C)c2C)sc(N(c2ccccc2)c2ccccc2)c1C. The molecule has 0 spiro atoms. The molecular formula is C40H34N2S2. The van der Waals surface area contributed by atoms with Crippen molar-refractivity contribution in [2.24, 2.45) is 0 Å². The third-order valence-electron chi connectivity index (χ3n) is 8.49. The van der Waals surface area contributed by atoms with Gasteiger partial charge in [0.05, 0.1) is 0 Å². The highest BCUT2D eigenvalue weighted by molar-refractivity contribution is 7.26. The zero-order chi connectivity index (χ0) is 30.2. The molecular weight excluding hydrogens is 573 g/mol. The number of fused-ring (bicyclic) bond motifs is 1. The van der Waals surface area contributed by atoms with E-state index in [2.05, 4.69) is 171 Å². The Kier molecular flexibility index (Phi) is 7.55. The molecule has 0 unspecified atom stereocenters. The van der Waals surface area contributed by atoms with E-state index in [0.717, 1.165) is 5.69 Å². The maximum Gasteiger partial charge on any atom is 0.104 e. The summed E-state index contributed by atoms with van der Waals surface area (Å²) in [4.78, 5) is 7.52. The zero-order valence-electron chi connectivity index (χ0n) is 25.4. The molecule has 0 aliphatic rings. The molecule has 5 aromatic carbocycles. The lowest BCUT2D eigenvalue weighted by atomic mass is 10.1. The van der Waals surface area contributed by atoms with Crippen molar-refractivity contribution < 1.29 is 0 Å². The van der Waals surface area contributed by atoms with Gasteiger partial charge in [-0.15, -0.1) is 22.7 Å². The van der Waals surface area contributed by atoms with Gasteiger partial charge in [-0.3, -0.25) is 0 Å². The number of hydrogen-bond acceptors (Lipinski definition) is 4. The minimum Gasteiger partial charge on any atom is -0.302 e. The number of benzene rings is 5. The van der Waals surface area contributed by atoms with E-state index < -0.39 is 0 Å². The Hall–Kier alpha value is -4.64. The summed E-state index contributed by atoms with van der Waals surface area (Å²) in [6, 6.07) is 47.6. The van der Waals surface area contributed by atoms with Crippen molar-refractivity contribution in [1.29, 1.82) is 0 Å². The van der Waals surface area contributed by atoms with Crippen LogP contribution in [0.5, 0.6) is 0 Å². The summed E-state index contributed by atoms with van der Waals surface area (Å²) in [6.45, 7) is 9.12. The largest absolute Gasteiger partial charge is 0.302 e. The zero-order valence-corrected chi connectivity index (χ0v) is 27.0. The van der Waals surface area contributed by atoms with Gasteiger partial charge < -0.3 is 9.80 Å². The smallest absolute Gasteiger partial charge is 0.104 e. The van der Waals surface area contributed by atoms with Gasteiger partial charge >= 0.3 is 0 Å². The minimum absolute atomic E-state index is 1.16. The van der Waals surface area contributed by atoms with Crippen LogP contribution in [-0.2, 0) is 0 Å². The highest BCUT2D eigenvalue weighted by Gasteiger charge is 2.26. The van der Waals surface area contributed by atoms with Gasteiger partial charge in [0.15, 0.2) is 0 Å². The molecule has 0 aliphatic heterocycles. The number of rotatable bonds is 7. The van der Waals surface area contributed by atoms with E-state index in [1.807, 2.05) is 22.7 Å². The summed E-state index contributed by atoms with van der Waals surface area (Å²) in [6.07, 6.45) is 0. The van der Waals surface area contributed by atoms with Crippen molar-refractivity contribution in [2.45, 2.75) is 27.7 Å². The quantitative estimate of drug-likeness (QED) is 0.178. The van der Waals surface area contributed by atoms with Crippen LogP contribution in [0.15, 0.2) is 133 Å². The number of para-hydroxylation sites is 3. The van der Waals surface area contributed by atoms with Crippen molar-refractivity contribution in [3.8, 4) is 9.75 Å². The van der Waals surface area contributed by atoms with E-state index in [-0.39, 0.29) is 0 Å². The van der Waals surface area contributed by atoms with Gasteiger partial charge in [-0.1, -0.05) is 84.9 Å². The molecule has 7 aromatic rings. The van der Waals surface area contributed by atoms with Crippen LogP contribution in [0.25, 0.3) is 20.5 Å². The van der Waals surface area contributed by atoms with Crippen LogP contribution in [0.2, 0.25) is 0 Å². The topological polar surface area (TPSA) is 6.48 Å². The van der Waals surface area contributed by atoms with Crippen LogP contribution < -0.4 is 9.80 Å². The molecule has 2 heterocycles. The molecule has 0 radical (unpaired) electrons. The highest BCUT2D eigenvalue weighted by atomic mass is 32.1. The summed E-state index contributed by atoms with van der Waals surface area (Å²) in [7, 11) is 0. The summed E-state index contributed by atoms with van der Waals surface area (Å²) < 4.78 is 0. The van der Waals surface area contributed by atoms with Crippen molar-refractivity contribution in [1.82, 2.24) is 0 Å². The van der Waals surface area contributed by atoms with Gasteiger partial charge in [0.2, 0.25) is 0 Å². The molecule has 0 atom stereocenters. The first-order valence-corrected chi connectivity index (χ1v) is 16.6. The fourth-order valence-electron chi connectivity index (χ4n) is 5.84. The average Bonchev–Trinajstić information content (AvgIpc) is 3.52. The standard InChI is InChI=1S/C40H34N2S2/c1-27-29(3)39(41(33-18-8-5-9-19-33)34-20-10-6-11-21-34)43-37(27)38-28(2)30(4)40(44-38)42(35-22-12-7-13-23-35)36-25-24-31-16-14-15-17-32(31)26-36/h5-26H,1-4H3. The van der Waals surface area contributed by atoms with Crippen molar-refractivity contribution >= 4 is 66.2 Å². The molecule has 0 bridgehead atoms. The lowest BCUT2D eigenvalue weighted by molar-refractivity contribution is 1.27. The molecule has 216 valence electrons. The number of nitrogens with zero attached hydrogens (tertiary/aromatic N) is 2. The Morgan fingerprint density at radius 1 is 0.364 bits per heavy atom. The highest BCUT2D eigenvalue weighted by Crippen LogP contribution is 2.53. The van der Waals surface area contributed by atoms with E-state index >= 15 is 0 Å². The molecule has 4 heteroatoms. The first-order valence-electron chi connectivity index (χ1n) is 15.0. The molecule has 44 heavy (non-hydrogen) atoms. The Morgan fingerprint density at radius 2 is 0.750 bits per heavy atom. The molecule has 2 aromatic heterocycles. The molecule has 0 N–H and O–H groups in total. The van der Waals surface area contributed by atoms with Crippen molar-refractivity contribution in [2.75, 3.05) is 9.80 Å². The fraction of sp³-hybridized carbons (Fsp3) is 0.100. The predicted molar refractivity (Wildman–Crippen MR) is 193 cm³/mol. The lowest BCUT2D eigenvalue weighted by Gasteiger charge is -2.25. The molecule has 0 aliphatic carbocycles. The van der Waals surface area contributed by atoms with E-state index in [1.54, 1.807) is 0 Å². The minimum atomic E-state index is 1.16. The number of thiophene rings is 2. The summed E-state index contributed by atoms with van der Waals surface area (Å²) in [5.41, 5.74) is 9.99. The first-order chi connectivity index (χ1) is 21.5. The van der Waals surface area contributed by atoms with Gasteiger partial charge in [0.1, 0.15) is 10.0 Å². The third-order valence-corrected chi connectivity index (χ3v) is 11.4. The molecule has 0 saturated carbocycles.